The highest BCUT2D eigenvalue weighted by Gasteiger charge is 2.55. The molecule has 11 heteroatoms. The van der Waals surface area contributed by atoms with Crippen LogP contribution in [0.2, 0.25) is 5.02 Å². The first-order valence-electron chi connectivity index (χ1n) is 12.5. The molecule has 38 heavy (non-hydrogen) atoms. The second-order valence-electron chi connectivity index (χ2n) is 11.0. The van der Waals surface area contributed by atoms with Crippen LogP contribution in [0.5, 0.6) is 11.5 Å². The predicted molar refractivity (Wildman–Crippen MR) is 145 cm³/mol. The molecule has 5 rings (SSSR count). The van der Waals surface area contributed by atoms with Gasteiger partial charge in [0.25, 0.3) is 5.56 Å². The first kappa shape index (κ1) is 26.1. The topological polar surface area (TPSA) is 108 Å². The number of likely N-dealkylation sites (tertiary alicyclic amines) is 1. The van der Waals surface area contributed by atoms with Crippen LogP contribution >= 0.6 is 11.6 Å². The molecule has 1 saturated carbocycles. The summed E-state index contributed by atoms with van der Waals surface area (Å²) in [6.07, 6.45) is 2.89. The van der Waals surface area contributed by atoms with Crippen molar-refractivity contribution in [1.82, 2.24) is 19.4 Å². The average molecular weight is 542 g/mol. The number of hydrogen-bond donors (Lipinski definition) is 1. The number of nitrogens with zero attached hydrogens (tertiary/aromatic N) is 4. The lowest BCUT2D eigenvalue weighted by Gasteiger charge is -2.58. The molecule has 0 atom stereocenters. The van der Waals surface area contributed by atoms with E-state index in [1.165, 1.54) is 7.11 Å². The fourth-order valence-electron chi connectivity index (χ4n) is 5.41. The fraction of sp³-hybridized carbons (Fsp3) is 0.481. The van der Waals surface area contributed by atoms with Crippen LogP contribution in [-0.2, 0) is 4.74 Å². The highest BCUT2D eigenvalue weighted by molar-refractivity contribution is 6.35. The molecule has 1 N–H and O–H groups in total. The molecule has 2 aromatic heterocycles. The number of halogens is 1. The molecule has 1 aliphatic carbocycles. The quantitative estimate of drug-likeness (QED) is 0.493. The largest absolute Gasteiger partial charge is 0.497 e. The summed E-state index contributed by atoms with van der Waals surface area (Å²) in [7, 11) is 4.80. The number of ether oxygens (including phenoxy) is 3. The van der Waals surface area contributed by atoms with Gasteiger partial charge >= 0.3 is 6.09 Å². The van der Waals surface area contributed by atoms with Gasteiger partial charge in [0.1, 0.15) is 22.7 Å². The van der Waals surface area contributed by atoms with Gasteiger partial charge in [0.2, 0.25) is 5.95 Å². The SMILES string of the molecule is CNc1ncc2cc(-c3cc(OC)cc(OC)c3Cl)c(=O)n(C3CC4(C3)CN(C(=O)OC(C)(C)C)C4)c2n1. The zero-order valence-electron chi connectivity index (χ0n) is 22.4. The normalized spacial score (nSPS) is 16.7. The molecule has 2 aliphatic rings. The molecular formula is C27H32ClN5O5. The van der Waals surface area contributed by atoms with Crippen LogP contribution in [0.15, 0.2) is 29.2 Å². The Morgan fingerprint density at radius 2 is 1.84 bits per heavy atom. The smallest absolute Gasteiger partial charge is 0.410 e. The van der Waals surface area contributed by atoms with Crippen molar-refractivity contribution < 1.29 is 19.0 Å². The zero-order valence-corrected chi connectivity index (χ0v) is 23.2. The molecule has 0 bridgehead atoms. The summed E-state index contributed by atoms with van der Waals surface area (Å²) in [5.41, 5.74) is 0.689. The molecule has 1 amide bonds. The van der Waals surface area contributed by atoms with Crippen LogP contribution in [-0.4, -0.2) is 65.5 Å². The Kier molecular flexibility index (Phi) is 6.41. The van der Waals surface area contributed by atoms with Crippen molar-refractivity contribution in [3.8, 4) is 22.6 Å². The van der Waals surface area contributed by atoms with Crippen LogP contribution < -0.4 is 20.3 Å². The number of amides is 1. The number of methoxy groups -OCH3 is 2. The van der Waals surface area contributed by atoms with Crippen LogP contribution in [0, 0.1) is 5.41 Å². The highest BCUT2D eigenvalue weighted by Crippen LogP contribution is 2.54. The summed E-state index contributed by atoms with van der Waals surface area (Å²) >= 11 is 6.67. The number of aromatic nitrogens is 3. The van der Waals surface area contributed by atoms with Gasteiger partial charge in [-0.05, 0) is 45.7 Å². The van der Waals surface area contributed by atoms with Gasteiger partial charge < -0.3 is 24.4 Å². The molecule has 202 valence electrons. The van der Waals surface area contributed by atoms with E-state index in [1.807, 2.05) is 20.8 Å². The highest BCUT2D eigenvalue weighted by atomic mass is 35.5. The second kappa shape index (κ2) is 9.34. The first-order valence-corrected chi connectivity index (χ1v) is 12.9. The van der Waals surface area contributed by atoms with Gasteiger partial charge in [-0.1, -0.05) is 11.6 Å². The van der Waals surface area contributed by atoms with E-state index in [0.29, 0.717) is 57.7 Å². The van der Waals surface area contributed by atoms with Crippen LogP contribution in [0.4, 0.5) is 10.7 Å². The average Bonchev–Trinajstić information content (AvgIpc) is 2.82. The number of rotatable bonds is 5. The summed E-state index contributed by atoms with van der Waals surface area (Å²) in [5.74, 6) is 1.36. The number of benzene rings is 1. The number of pyridine rings is 1. The van der Waals surface area contributed by atoms with E-state index >= 15 is 0 Å². The van der Waals surface area contributed by atoms with Crippen LogP contribution in [0.3, 0.4) is 0 Å². The molecule has 0 unspecified atom stereocenters. The number of nitrogens with one attached hydrogen (secondary N) is 1. The number of anilines is 1. The van der Waals surface area contributed by atoms with E-state index in [4.69, 9.17) is 25.8 Å². The zero-order chi connectivity index (χ0) is 27.4. The third-order valence-electron chi connectivity index (χ3n) is 7.16. The monoisotopic (exact) mass is 541 g/mol. The second-order valence-corrected chi connectivity index (χ2v) is 11.4. The molecule has 1 aliphatic heterocycles. The van der Waals surface area contributed by atoms with Gasteiger partial charge in [0.15, 0.2) is 0 Å². The molecule has 1 aromatic carbocycles. The van der Waals surface area contributed by atoms with Crippen LogP contribution in [0.1, 0.15) is 39.7 Å². The fourth-order valence-corrected chi connectivity index (χ4v) is 5.69. The summed E-state index contributed by atoms with van der Waals surface area (Å²) < 4.78 is 18.1. The van der Waals surface area contributed by atoms with Crippen LogP contribution in [0.25, 0.3) is 22.2 Å². The summed E-state index contributed by atoms with van der Waals surface area (Å²) in [6.45, 7) is 6.79. The van der Waals surface area contributed by atoms with Crippen molar-refractivity contribution in [3.05, 3.63) is 39.8 Å². The van der Waals surface area contributed by atoms with Gasteiger partial charge in [0.05, 0.1) is 19.2 Å². The maximum absolute atomic E-state index is 14.1. The van der Waals surface area contributed by atoms with Crippen molar-refractivity contribution in [2.45, 2.75) is 45.3 Å². The van der Waals surface area contributed by atoms with Crippen molar-refractivity contribution in [3.63, 3.8) is 0 Å². The predicted octanol–water partition coefficient (Wildman–Crippen LogP) is 4.74. The van der Waals surface area contributed by atoms with Gasteiger partial charge in [-0.15, -0.1) is 0 Å². The van der Waals surface area contributed by atoms with E-state index < -0.39 is 5.60 Å². The Labute approximate surface area is 225 Å². The minimum Gasteiger partial charge on any atom is -0.497 e. The standard InChI is InChI=1S/C27H32ClN5O5/c1-26(2,3)38-25(35)32-13-27(14-32)10-16(11-27)33-22-15(12-30-24(29-4)31-22)7-19(23(33)34)18-8-17(36-5)9-20(37-6)21(18)28/h7-9,12,16H,10-11,13-14H2,1-6H3,(H,29,30,31). The number of carbonyl (C=O) groups excluding carboxylic acids is 1. The summed E-state index contributed by atoms with van der Waals surface area (Å²) in [4.78, 5) is 37.2. The Morgan fingerprint density at radius 3 is 2.45 bits per heavy atom. The van der Waals surface area contributed by atoms with Gasteiger partial charge in [-0.25, -0.2) is 9.78 Å². The van der Waals surface area contributed by atoms with Crippen molar-refractivity contribution in [2.75, 3.05) is 39.7 Å². The maximum atomic E-state index is 14.1. The molecular weight excluding hydrogens is 510 g/mol. The molecule has 3 aromatic rings. The minimum absolute atomic E-state index is 0.0287. The molecule has 3 heterocycles. The Bertz CT molecular complexity index is 1470. The van der Waals surface area contributed by atoms with Gasteiger partial charge in [-0.2, -0.15) is 4.98 Å². The molecule has 2 fully saturated rings. The van der Waals surface area contributed by atoms with Crippen molar-refractivity contribution in [2.24, 2.45) is 5.41 Å². The minimum atomic E-state index is -0.538. The number of hydrogen-bond acceptors (Lipinski definition) is 8. The van der Waals surface area contributed by atoms with E-state index in [-0.39, 0.29) is 23.1 Å². The Morgan fingerprint density at radius 1 is 1.13 bits per heavy atom. The number of fused-ring (bicyclic) bond motifs is 1. The number of carbonyl (C=O) groups is 1. The lowest BCUT2D eigenvalue weighted by molar-refractivity contribution is -0.0905. The lowest BCUT2D eigenvalue weighted by atomic mass is 9.60. The van der Waals surface area contributed by atoms with Gasteiger partial charge in [0, 0.05) is 60.4 Å². The van der Waals surface area contributed by atoms with E-state index in [9.17, 15) is 9.59 Å². The summed E-state index contributed by atoms with van der Waals surface area (Å²) in [6, 6.07) is 5.08. The Hall–Kier alpha value is -3.53. The van der Waals surface area contributed by atoms with E-state index in [0.717, 1.165) is 12.8 Å². The lowest BCUT2D eigenvalue weighted by Crippen LogP contribution is -2.64. The molecule has 0 radical (unpaired) electrons. The molecule has 10 nitrogen and oxygen atoms in total. The third kappa shape index (κ3) is 4.51. The third-order valence-corrected chi connectivity index (χ3v) is 7.55. The van der Waals surface area contributed by atoms with E-state index in [2.05, 4.69) is 15.3 Å². The maximum Gasteiger partial charge on any atom is 0.410 e. The molecule has 1 saturated heterocycles. The van der Waals surface area contributed by atoms with Crippen molar-refractivity contribution >= 4 is 34.7 Å². The Balaban J connectivity index is 1.52. The summed E-state index contributed by atoms with van der Waals surface area (Å²) in [5, 5.41) is 3.98. The van der Waals surface area contributed by atoms with E-state index in [1.54, 1.807) is 48.0 Å². The van der Waals surface area contributed by atoms with Gasteiger partial charge in [-0.3, -0.25) is 9.36 Å². The van der Waals surface area contributed by atoms with Crippen molar-refractivity contribution in [1.29, 1.82) is 0 Å². The first-order chi connectivity index (χ1) is 18.0. The molecule has 1 spiro atoms.